The fourth-order valence-electron chi connectivity index (χ4n) is 3.32. The molecule has 2 N–H and O–H groups in total. The summed E-state index contributed by atoms with van der Waals surface area (Å²) in [6.07, 6.45) is 3.81. The van der Waals surface area contributed by atoms with Gasteiger partial charge in [-0.3, -0.25) is 9.78 Å². The molecule has 7 heteroatoms. The van der Waals surface area contributed by atoms with Gasteiger partial charge in [0.05, 0.1) is 0 Å². The molecule has 0 saturated carbocycles. The summed E-state index contributed by atoms with van der Waals surface area (Å²) in [6.45, 7) is 2.11. The van der Waals surface area contributed by atoms with Gasteiger partial charge in [0.1, 0.15) is 23.0 Å². The Kier molecular flexibility index (Phi) is 5.37. The van der Waals surface area contributed by atoms with Gasteiger partial charge in [-0.15, -0.1) is 0 Å². The van der Waals surface area contributed by atoms with Crippen LogP contribution in [0.25, 0.3) is 0 Å². The van der Waals surface area contributed by atoms with E-state index in [9.17, 15) is 13.6 Å². The van der Waals surface area contributed by atoms with Crippen LogP contribution in [0, 0.1) is 11.6 Å². The van der Waals surface area contributed by atoms with Gasteiger partial charge >= 0.3 is 0 Å². The number of nitrogens with one attached hydrogen (secondary N) is 2. The van der Waals surface area contributed by atoms with E-state index in [0.717, 1.165) is 30.9 Å². The van der Waals surface area contributed by atoms with Crippen molar-refractivity contribution in [3.8, 4) is 0 Å². The highest BCUT2D eigenvalue weighted by molar-refractivity contribution is 6.03. The second kappa shape index (κ2) is 8.26. The lowest BCUT2D eigenvalue weighted by Gasteiger charge is -2.17. The first kappa shape index (κ1) is 18.9. The third kappa shape index (κ3) is 4.34. The molecule has 1 aromatic heterocycles. The van der Waals surface area contributed by atoms with Crippen LogP contribution in [0.5, 0.6) is 0 Å². The smallest absolute Gasteiger partial charge is 0.274 e. The van der Waals surface area contributed by atoms with E-state index < -0.39 is 17.5 Å². The second-order valence-corrected chi connectivity index (χ2v) is 6.85. The average molecular weight is 394 g/mol. The summed E-state index contributed by atoms with van der Waals surface area (Å²) in [7, 11) is 0. The van der Waals surface area contributed by atoms with E-state index in [1.807, 2.05) is 24.3 Å². The lowest BCUT2D eigenvalue weighted by atomic mass is 10.2. The number of nitrogens with zero attached hydrogens (tertiary/aromatic N) is 2. The van der Waals surface area contributed by atoms with Crippen LogP contribution in [-0.2, 0) is 0 Å². The third-order valence-electron chi connectivity index (χ3n) is 4.82. The van der Waals surface area contributed by atoms with Crippen LogP contribution < -0.4 is 15.5 Å². The summed E-state index contributed by atoms with van der Waals surface area (Å²) in [5, 5.41) is 5.46. The number of hydrogen-bond acceptors (Lipinski definition) is 4. The van der Waals surface area contributed by atoms with E-state index >= 15 is 0 Å². The van der Waals surface area contributed by atoms with Crippen molar-refractivity contribution in [2.24, 2.45) is 0 Å². The molecule has 0 aliphatic carbocycles. The van der Waals surface area contributed by atoms with Crippen LogP contribution >= 0.6 is 0 Å². The fourth-order valence-corrected chi connectivity index (χ4v) is 3.32. The highest BCUT2D eigenvalue weighted by Gasteiger charge is 2.14. The minimum absolute atomic E-state index is 0.135. The van der Waals surface area contributed by atoms with Crippen LogP contribution in [-0.4, -0.2) is 24.0 Å². The highest BCUT2D eigenvalue weighted by atomic mass is 19.1. The van der Waals surface area contributed by atoms with Crippen molar-refractivity contribution in [1.82, 2.24) is 4.98 Å². The molecular formula is C22H20F2N4O. The number of pyridine rings is 1. The molecule has 0 radical (unpaired) electrons. The zero-order valence-corrected chi connectivity index (χ0v) is 15.7. The van der Waals surface area contributed by atoms with Crippen molar-refractivity contribution in [3.63, 3.8) is 0 Å². The Hall–Kier alpha value is -3.48. The number of aromatic nitrogens is 1. The molecule has 0 bridgehead atoms. The summed E-state index contributed by atoms with van der Waals surface area (Å²) in [5.41, 5.74) is 2.01. The summed E-state index contributed by atoms with van der Waals surface area (Å²) < 4.78 is 27.7. The van der Waals surface area contributed by atoms with Gasteiger partial charge in [-0.1, -0.05) is 6.07 Å². The maximum absolute atomic E-state index is 13.8. The summed E-state index contributed by atoms with van der Waals surface area (Å²) in [4.78, 5) is 18.9. The predicted octanol–water partition coefficient (Wildman–Crippen LogP) is 4.96. The van der Waals surface area contributed by atoms with Crippen LogP contribution in [0.3, 0.4) is 0 Å². The Bertz CT molecular complexity index is 997. The molecule has 3 aromatic rings. The first-order valence-corrected chi connectivity index (χ1v) is 9.43. The number of amides is 1. The molecule has 2 heterocycles. The lowest BCUT2D eigenvalue weighted by Crippen LogP contribution is -2.17. The molecule has 0 spiro atoms. The Morgan fingerprint density at radius 2 is 1.62 bits per heavy atom. The van der Waals surface area contributed by atoms with E-state index in [0.29, 0.717) is 11.4 Å². The lowest BCUT2D eigenvalue weighted by molar-refractivity contribution is 0.102. The Labute approximate surface area is 167 Å². The van der Waals surface area contributed by atoms with Crippen molar-refractivity contribution in [3.05, 3.63) is 78.1 Å². The van der Waals surface area contributed by atoms with E-state index in [4.69, 9.17) is 0 Å². The molecule has 5 nitrogen and oxygen atoms in total. The summed E-state index contributed by atoms with van der Waals surface area (Å²) >= 11 is 0. The highest BCUT2D eigenvalue weighted by Crippen LogP contribution is 2.24. The zero-order chi connectivity index (χ0) is 20.2. The van der Waals surface area contributed by atoms with Crippen LogP contribution in [0.4, 0.5) is 31.5 Å². The van der Waals surface area contributed by atoms with Crippen LogP contribution in [0.2, 0.25) is 0 Å². The monoisotopic (exact) mass is 394 g/mol. The average Bonchev–Trinajstić information content (AvgIpc) is 3.26. The molecule has 1 saturated heterocycles. The standard InChI is InChI=1S/C22H20F2N4O/c23-18-4-3-5-19(24)21(18)26-16-10-11-25-20(14-16)22(29)27-15-6-8-17(9-7-15)28-12-1-2-13-28/h3-11,14H,1-2,12-13H2,(H,25,26)(H,27,29). The number of halogens is 2. The molecule has 0 atom stereocenters. The number of para-hydroxylation sites is 1. The maximum atomic E-state index is 13.8. The first-order valence-electron chi connectivity index (χ1n) is 9.43. The molecule has 148 valence electrons. The summed E-state index contributed by atoms with van der Waals surface area (Å²) in [6, 6.07) is 14.2. The minimum atomic E-state index is -0.717. The van der Waals surface area contributed by atoms with E-state index in [2.05, 4.69) is 20.5 Å². The van der Waals surface area contributed by atoms with Gasteiger partial charge in [0.2, 0.25) is 0 Å². The van der Waals surface area contributed by atoms with Gasteiger partial charge in [0.25, 0.3) is 5.91 Å². The number of hydrogen-bond donors (Lipinski definition) is 2. The first-order chi connectivity index (χ1) is 14.1. The Balaban J connectivity index is 1.46. The number of anilines is 4. The number of rotatable bonds is 5. The van der Waals surface area contributed by atoms with Crippen molar-refractivity contribution >= 4 is 28.7 Å². The molecule has 0 unspecified atom stereocenters. The topological polar surface area (TPSA) is 57.3 Å². The minimum Gasteiger partial charge on any atom is -0.372 e. The van der Waals surface area contributed by atoms with E-state index in [1.54, 1.807) is 0 Å². The SMILES string of the molecule is O=C(Nc1ccc(N2CCCC2)cc1)c1cc(Nc2c(F)cccc2F)ccn1. The number of carbonyl (C=O) groups excluding carboxylic acids is 1. The number of carbonyl (C=O) groups is 1. The molecule has 4 rings (SSSR count). The van der Waals surface area contributed by atoms with Gasteiger partial charge in [0, 0.05) is 36.3 Å². The van der Waals surface area contributed by atoms with Crippen LogP contribution in [0.15, 0.2) is 60.8 Å². The Morgan fingerprint density at radius 1 is 0.931 bits per heavy atom. The number of benzene rings is 2. The quantitative estimate of drug-likeness (QED) is 0.643. The van der Waals surface area contributed by atoms with Crippen molar-refractivity contribution in [2.75, 3.05) is 28.6 Å². The van der Waals surface area contributed by atoms with Crippen molar-refractivity contribution in [2.45, 2.75) is 12.8 Å². The predicted molar refractivity (Wildman–Crippen MR) is 110 cm³/mol. The van der Waals surface area contributed by atoms with Gasteiger partial charge in [0.15, 0.2) is 0 Å². The molecule has 1 fully saturated rings. The molecule has 1 aliphatic heterocycles. The van der Waals surface area contributed by atoms with E-state index in [1.165, 1.54) is 37.2 Å². The largest absolute Gasteiger partial charge is 0.372 e. The van der Waals surface area contributed by atoms with Gasteiger partial charge < -0.3 is 15.5 Å². The molecular weight excluding hydrogens is 374 g/mol. The summed E-state index contributed by atoms with van der Waals surface area (Å²) in [5.74, 6) is -1.84. The normalized spacial score (nSPS) is 13.4. The molecule has 2 aromatic carbocycles. The van der Waals surface area contributed by atoms with Gasteiger partial charge in [-0.2, -0.15) is 0 Å². The molecule has 29 heavy (non-hydrogen) atoms. The second-order valence-electron chi connectivity index (χ2n) is 6.85. The van der Waals surface area contributed by atoms with E-state index in [-0.39, 0.29) is 11.4 Å². The zero-order valence-electron chi connectivity index (χ0n) is 15.7. The maximum Gasteiger partial charge on any atom is 0.274 e. The molecule has 1 aliphatic rings. The van der Waals surface area contributed by atoms with Crippen molar-refractivity contribution < 1.29 is 13.6 Å². The van der Waals surface area contributed by atoms with Crippen molar-refractivity contribution in [1.29, 1.82) is 0 Å². The third-order valence-corrected chi connectivity index (χ3v) is 4.82. The van der Waals surface area contributed by atoms with Gasteiger partial charge in [-0.05, 0) is 61.4 Å². The van der Waals surface area contributed by atoms with Gasteiger partial charge in [-0.25, -0.2) is 8.78 Å². The fraction of sp³-hybridized carbons (Fsp3) is 0.182. The molecule has 1 amide bonds. The van der Waals surface area contributed by atoms with Crippen LogP contribution in [0.1, 0.15) is 23.3 Å². The Morgan fingerprint density at radius 3 is 2.31 bits per heavy atom.